The van der Waals surface area contributed by atoms with E-state index in [0.29, 0.717) is 5.92 Å². The van der Waals surface area contributed by atoms with E-state index in [9.17, 15) is 0 Å². The highest BCUT2D eigenvalue weighted by Gasteiger charge is 2.29. The second-order valence-electron chi connectivity index (χ2n) is 5.37. The maximum Gasteiger partial charge on any atom is 0.124 e. The molecule has 0 radical (unpaired) electrons. The van der Waals surface area contributed by atoms with Crippen LogP contribution in [0.2, 0.25) is 0 Å². The van der Waals surface area contributed by atoms with E-state index in [1.54, 1.807) is 0 Å². The van der Waals surface area contributed by atoms with E-state index in [-0.39, 0.29) is 0 Å². The van der Waals surface area contributed by atoms with Gasteiger partial charge in [-0.25, -0.2) is 4.98 Å². The highest BCUT2D eigenvalue weighted by molar-refractivity contribution is 7.15. The molecule has 0 saturated heterocycles. The maximum atomic E-state index is 4.89. The van der Waals surface area contributed by atoms with Crippen LogP contribution in [0.4, 0.5) is 0 Å². The van der Waals surface area contributed by atoms with Gasteiger partial charge in [-0.3, -0.25) is 4.98 Å². The van der Waals surface area contributed by atoms with Crippen molar-refractivity contribution in [1.82, 2.24) is 15.3 Å². The molecule has 3 rings (SSSR count). The Balaban J connectivity index is 1.76. The van der Waals surface area contributed by atoms with Crippen LogP contribution in [0.3, 0.4) is 0 Å². The van der Waals surface area contributed by atoms with E-state index in [1.807, 2.05) is 35.9 Å². The Labute approximate surface area is 124 Å². The van der Waals surface area contributed by atoms with E-state index in [2.05, 4.69) is 17.2 Å². The number of rotatable bonds is 7. The zero-order valence-corrected chi connectivity index (χ0v) is 12.7. The number of nitrogens with one attached hydrogen (secondary N) is 1. The predicted octanol–water partition coefficient (Wildman–Crippen LogP) is 3.97. The van der Waals surface area contributed by atoms with Crippen molar-refractivity contribution in [1.29, 1.82) is 0 Å². The molecule has 1 aliphatic carbocycles. The summed E-state index contributed by atoms with van der Waals surface area (Å²) < 4.78 is 0. The molecular weight excluding hydrogens is 266 g/mol. The van der Waals surface area contributed by atoms with Gasteiger partial charge in [0.15, 0.2) is 0 Å². The summed E-state index contributed by atoms with van der Waals surface area (Å²) in [7, 11) is 0. The fraction of sp³-hybridized carbons (Fsp3) is 0.500. The number of pyridine rings is 1. The van der Waals surface area contributed by atoms with Gasteiger partial charge in [0, 0.05) is 35.3 Å². The molecule has 2 heterocycles. The molecule has 106 valence electrons. The van der Waals surface area contributed by atoms with E-state index >= 15 is 0 Å². The van der Waals surface area contributed by atoms with Gasteiger partial charge in [0.1, 0.15) is 5.01 Å². The number of unbranched alkanes of at least 4 members (excludes halogenated alkanes) is 1. The molecular formula is C16H21N3S. The summed E-state index contributed by atoms with van der Waals surface area (Å²) in [4.78, 5) is 10.4. The zero-order valence-electron chi connectivity index (χ0n) is 11.9. The first-order valence-electron chi connectivity index (χ1n) is 7.49. The molecule has 4 heteroatoms. The van der Waals surface area contributed by atoms with Crippen LogP contribution in [0.25, 0.3) is 10.6 Å². The average molecular weight is 287 g/mol. The monoisotopic (exact) mass is 287 g/mol. The third-order valence-electron chi connectivity index (χ3n) is 3.61. The Morgan fingerprint density at radius 2 is 2.10 bits per heavy atom. The second-order valence-corrected chi connectivity index (χ2v) is 6.45. The van der Waals surface area contributed by atoms with Gasteiger partial charge >= 0.3 is 0 Å². The summed E-state index contributed by atoms with van der Waals surface area (Å²) in [6.45, 7) is 4.29. The van der Waals surface area contributed by atoms with Crippen molar-refractivity contribution in [2.45, 2.75) is 45.1 Å². The molecule has 0 spiro atoms. The molecule has 20 heavy (non-hydrogen) atoms. The summed E-state index contributed by atoms with van der Waals surface area (Å²) in [6.07, 6.45) is 8.78. The van der Waals surface area contributed by atoms with Crippen molar-refractivity contribution in [3.63, 3.8) is 0 Å². The number of aromatic nitrogens is 2. The minimum absolute atomic E-state index is 0.713. The summed E-state index contributed by atoms with van der Waals surface area (Å²) in [5.74, 6) is 0.713. The van der Waals surface area contributed by atoms with E-state index in [1.165, 1.54) is 41.8 Å². The van der Waals surface area contributed by atoms with Crippen molar-refractivity contribution in [2.24, 2.45) is 0 Å². The zero-order chi connectivity index (χ0) is 13.8. The van der Waals surface area contributed by atoms with E-state index in [4.69, 9.17) is 4.98 Å². The third-order valence-corrected chi connectivity index (χ3v) is 4.73. The SMILES string of the molecule is CCCCNCc1sc(-c2ccncc2)nc1C1CC1. The van der Waals surface area contributed by atoms with Gasteiger partial charge < -0.3 is 5.32 Å². The molecule has 0 atom stereocenters. The third kappa shape index (κ3) is 3.25. The maximum absolute atomic E-state index is 4.89. The smallest absolute Gasteiger partial charge is 0.124 e. The van der Waals surface area contributed by atoms with Crippen LogP contribution < -0.4 is 5.32 Å². The van der Waals surface area contributed by atoms with Crippen LogP contribution in [-0.2, 0) is 6.54 Å². The van der Waals surface area contributed by atoms with Crippen LogP contribution in [-0.4, -0.2) is 16.5 Å². The molecule has 2 aromatic rings. The standard InChI is InChI=1S/C16H21N3S/c1-2-3-8-18-11-14-15(12-4-5-12)19-16(20-14)13-6-9-17-10-7-13/h6-7,9-10,12,18H,2-5,8,11H2,1H3. The van der Waals surface area contributed by atoms with Gasteiger partial charge in [-0.05, 0) is 37.9 Å². The van der Waals surface area contributed by atoms with Gasteiger partial charge in [-0.2, -0.15) is 0 Å². The first-order valence-corrected chi connectivity index (χ1v) is 8.31. The van der Waals surface area contributed by atoms with Crippen molar-refractivity contribution in [3.05, 3.63) is 35.1 Å². The minimum Gasteiger partial charge on any atom is -0.312 e. The second kappa shape index (κ2) is 6.46. The molecule has 1 saturated carbocycles. The molecule has 3 nitrogen and oxygen atoms in total. The predicted molar refractivity (Wildman–Crippen MR) is 83.9 cm³/mol. The molecule has 1 fully saturated rings. The van der Waals surface area contributed by atoms with E-state index < -0.39 is 0 Å². The molecule has 1 aliphatic rings. The van der Waals surface area contributed by atoms with Crippen LogP contribution in [0.15, 0.2) is 24.5 Å². The summed E-state index contributed by atoms with van der Waals surface area (Å²) in [5, 5.41) is 4.69. The highest BCUT2D eigenvalue weighted by Crippen LogP contribution is 2.44. The van der Waals surface area contributed by atoms with Crippen molar-refractivity contribution >= 4 is 11.3 Å². The number of hydrogen-bond donors (Lipinski definition) is 1. The topological polar surface area (TPSA) is 37.8 Å². The molecule has 0 unspecified atom stereocenters. The summed E-state index contributed by atoms with van der Waals surface area (Å²) in [6, 6.07) is 4.09. The fourth-order valence-corrected chi connectivity index (χ4v) is 3.41. The van der Waals surface area contributed by atoms with E-state index in [0.717, 1.165) is 18.1 Å². The Morgan fingerprint density at radius 1 is 1.30 bits per heavy atom. The first kappa shape index (κ1) is 13.7. The lowest BCUT2D eigenvalue weighted by atomic mass is 10.2. The van der Waals surface area contributed by atoms with Gasteiger partial charge in [0.2, 0.25) is 0 Å². The molecule has 0 aliphatic heterocycles. The Morgan fingerprint density at radius 3 is 2.80 bits per heavy atom. The molecule has 0 bridgehead atoms. The van der Waals surface area contributed by atoms with Gasteiger partial charge in [0.25, 0.3) is 0 Å². The van der Waals surface area contributed by atoms with Crippen LogP contribution in [0.1, 0.15) is 49.1 Å². The van der Waals surface area contributed by atoms with Gasteiger partial charge in [-0.15, -0.1) is 11.3 Å². The van der Waals surface area contributed by atoms with Crippen LogP contribution in [0.5, 0.6) is 0 Å². The lowest BCUT2D eigenvalue weighted by Gasteiger charge is -2.03. The average Bonchev–Trinajstić information content (AvgIpc) is 3.25. The van der Waals surface area contributed by atoms with Gasteiger partial charge in [-0.1, -0.05) is 13.3 Å². The Bertz CT molecular complexity index is 546. The van der Waals surface area contributed by atoms with Crippen molar-refractivity contribution in [2.75, 3.05) is 6.54 Å². The summed E-state index contributed by atoms with van der Waals surface area (Å²) >= 11 is 1.84. The number of hydrogen-bond acceptors (Lipinski definition) is 4. The first-order chi connectivity index (χ1) is 9.88. The van der Waals surface area contributed by atoms with Crippen LogP contribution in [0, 0.1) is 0 Å². The molecule has 1 N–H and O–H groups in total. The highest BCUT2D eigenvalue weighted by atomic mass is 32.1. The van der Waals surface area contributed by atoms with Gasteiger partial charge in [0.05, 0.1) is 5.69 Å². The van der Waals surface area contributed by atoms with Crippen molar-refractivity contribution < 1.29 is 0 Å². The fourth-order valence-electron chi connectivity index (χ4n) is 2.29. The lowest BCUT2D eigenvalue weighted by Crippen LogP contribution is -2.14. The summed E-state index contributed by atoms with van der Waals surface area (Å²) in [5.41, 5.74) is 2.53. The number of nitrogens with zero attached hydrogens (tertiary/aromatic N) is 2. The molecule has 0 amide bonds. The van der Waals surface area contributed by atoms with Crippen LogP contribution >= 0.6 is 11.3 Å². The normalized spacial score (nSPS) is 14.7. The van der Waals surface area contributed by atoms with Crippen molar-refractivity contribution in [3.8, 4) is 10.6 Å². The lowest BCUT2D eigenvalue weighted by molar-refractivity contribution is 0.642. The Hall–Kier alpha value is -1.26. The minimum atomic E-state index is 0.713. The molecule has 0 aromatic carbocycles. The quantitative estimate of drug-likeness (QED) is 0.783. The Kier molecular flexibility index (Phi) is 4.43. The molecule has 2 aromatic heterocycles. The largest absolute Gasteiger partial charge is 0.312 e. The number of thiazole rings is 1.